The van der Waals surface area contributed by atoms with E-state index in [1.165, 1.54) is 11.3 Å². The number of nitrogens with zero attached hydrogens (tertiary/aromatic N) is 2. The van der Waals surface area contributed by atoms with Crippen LogP contribution in [0.25, 0.3) is 0 Å². The highest BCUT2D eigenvalue weighted by molar-refractivity contribution is 7.13. The highest BCUT2D eigenvalue weighted by Gasteiger charge is 2.25. The van der Waals surface area contributed by atoms with E-state index in [1.54, 1.807) is 16.5 Å². The standard InChI is InChI=1S/C17H21N3O2S/c1-3-14(13-8-6-5-7-9-13)16(22)20(4-2)12-15(21)19-17-18-10-11-23-17/h5-11,14H,3-4,12H2,1-2H3,(H,18,19,21). The Morgan fingerprint density at radius 3 is 2.57 bits per heavy atom. The Labute approximate surface area is 140 Å². The highest BCUT2D eigenvalue weighted by atomic mass is 32.1. The maximum atomic E-state index is 12.8. The van der Waals surface area contributed by atoms with Crippen LogP contribution in [0.2, 0.25) is 0 Å². The summed E-state index contributed by atoms with van der Waals surface area (Å²) in [6, 6.07) is 9.69. The van der Waals surface area contributed by atoms with Crippen molar-refractivity contribution in [2.24, 2.45) is 0 Å². The van der Waals surface area contributed by atoms with Crippen molar-refractivity contribution in [2.75, 3.05) is 18.4 Å². The number of anilines is 1. The second kappa shape index (κ2) is 8.43. The summed E-state index contributed by atoms with van der Waals surface area (Å²) in [4.78, 5) is 30.5. The molecule has 1 aromatic carbocycles. The molecule has 1 heterocycles. The molecular formula is C17H21N3O2S. The summed E-state index contributed by atoms with van der Waals surface area (Å²) in [5.41, 5.74) is 0.985. The van der Waals surface area contributed by atoms with Gasteiger partial charge in [-0.1, -0.05) is 37.3 Å². The molecule has 122 valence electrons. The molecule has 0 radical (unpaired) electrons. The van der Waals surface area contributed by atoms with E-state index in [4.69, 9.17) is 0 Å². The van der Waals surface area contributed by atoms with Crippen molar-refractivity contribution in [3.63, 3.8) is 0 Å². The number of carbonyl (C=O) groups excluding carboxylic acids is 2. The van der Waals surface area contributed by atoms with Crippen molar-refractivity contribution in [3.8, 4) is 0 Å². The van der Waals surface area contributed by atoms with Crippen LogP contribution in [0.5, 0.6) is 0 Å². The summed E-state index contributed by atoms with van der Waals surface area (Å²) < 4.78 is 0. The molecular weight excluding hydrogens is 310 g/mol. The lowest BCUT2D eigenvalue weighted by Crippen LogP contribution is -2.40. The average molecular weight is 331 g/mol. The third kappa shape index (κ3) is 4.63. The molecule has 0 saturated heterocycles. The van der Waals surface area contributed by atoms with Gasteiger partial charge in [-0.05, 0) is 18.9 Å². The summed E-state index contributed by atoms with van der Waals surface area (Å²) in [5.74, 6) is -0.461. The molecule has 1 N–H and O–H groups in total. The number of benzene rings is 1. The Morgan fingerprint density at radius 1 is 1.26 bits per heavy atom. The van der Waals surface area contributed by atoms with Gasteiger partial charge in [-0.2, -0.15) is 0 Å². The fourth-order valence-corrected chi connectivity index (χ4v) is 2.97. The van der Waals surface area contributed by atoms with Crippen molar-refractivity contribution in [2.45, 2.75) is 26.2 Å². The van der Waals surface area contributed by atoms with Crippen LogP contribution in [0, 0.1) is 0 Å². The minimum Gasteiger partial charge on any atom is -0.333 e. The monoisotopic (exact) mass is 331 g/mol. The number of rotatable bonds is 7. The van der Waals surface area contributed by atoms with E-state index in [9.17, 15) is 9.59 Å². The zero-order valence-electron chi connectivity index (χ0n) is 13.4. The molecule has 0 fully saturated rings. The molecule has 1 aromatic heterocycles. The molecule has 23 heavy (non-hydrogen) atoms. The molecule has 1 atom stereocenters. The maximum Gasteiger partial charge on any atom is 0.245 e. The number of likely N-dealkylation sites (N-methyl/N-ethyl adjacent to an activating group) is 1. The van der Waals surface area contributed by atoms with E-state index >= 15 is 0 Å². The number of hydrogen-bond donors (Lipinski definition) is 1. The van der Waals surface area contributed by atoms with Gasteiger partial charge in [-0.25, -0.2) is 4.98 Å². The molecule has 2 rings (SSSR count). The molecule has 6 heteroatoms. The zero-order chi connectivity index (χ0) is 16.7. The second-order valence-corrected chi connectivity index (χ2v) is 6.00. The molecule has 1 unspecified atom stereocenters. The Morgan fingerprint density at radius 2 is 2.00 bits per heavy atom. The van der Waals surface area contributed by atoms with Crippen LogP contribution < -0.4 is 5.32 Å². The maximum absolute atomic E-state index is 12.8. The summed E-state index contributed by atoms with van der Waals surface area (Å²) in [6.45, 7) is 4.40. The smallest absolute Gasteiger partial charge is 0.245 e. The van der Waals surface area contributed by atoms with Crippen molar-refractivity contribution >= 4 is 28.3 Å². The molecule has 2 amide bonds. The zero-order valence-corrected chi connectivity index (χ0v) is 14.2. The number of amides is 2. The lowest BCUT2D eigenvalue weighted by atomic mass is 9.95. The third-order valence-electron chi connectivity index (χ3n) is 3.61. The van der Waals surface area contributed by atoms with Gasteiger partial charge in [0.15, 0.2) is 5.13 Å². The van der Waals surface area contributed by atoms with Gasteiger partial charge in [0.2, 0.25) is 11.8 Å². The van der Waals surface area contributed by atoms with Crippen molar-refractivity contribution in [3.05, 3.63) is 47.5 Å². The van der Waals surface area contributed by atoms with Crippen LogP contribution in [0.1, 0.15) is 31.7 Å². The normalized spacial score (nSPS) is 11.7. The lowest BCUT2D eigenvalue weighted by molar-refractivity contribution is -0.135. The van der Waals surface area contributed by atoms with Gasteiger partial charge < -0.3 is 10.2 Å². The van der Waals surface area contributed by atoms with Gasteiger partial charge in [-0.15, -0.1) is 11.3 Å². The number of hydrogen-bond acceptors (Lipinski definition) is 4. The second-order valence-electron chi connectivity index (χ2n) is 5.11. The Balaban J connectivity index is 2.03. The highest BCUT2D eigenvalue weighted by Crippen LogP contribution is 2.22. The third-order valence-corrected chi connectivity index (χ3v) is 4.30. The number of nitrogens with one attached hydrogen (secondary N) is 1. The molecule has 0 aliphatic carbocycles. The average Bonchev–Trinajstić information content (AvgIpc) is 3.07. The van der Waals surface area contributed by atoms with Gasteiger partial charge in [0.05, 0.1) is 12.5 Å². The molecule has 2 aromatic rings. The van der Waals surface area contributed by atoms with E-state index in [-0.39, 0.29) is 24.3 Å². The first kappa shape index (κ1) is 17.1. The first-order valence-corrected chi connectivity index (χ1v) is 8.56. The van der Waals surface area contributed by atoms with E-state index in [2.05, 4.69) is 10.3 Å². The van der Waals surface area contributed by atoms with E-state index in [1.807, 2.05) is 44.2 Å². The molecule has 0 aliphatic heterocycles. The number of aromatic nitrogens is 1. The van der Waals surface area contributed by atoms with E-state index < -0.39 is 0 Å². The predicted octanol–water partition coefficient (Wildman–Crippen LogP) is 3.12. The molecule has 5 nitrogen and oxygen atoms in total. The van der Waals surface area contributed by atoms with Crippen LogP contribution in [0.4, 0.5) is 5.13 Å². The van der Waals surface area contributed by atoms with Gasteiger partial charge in [0, 0.05) is 18.1 Å². The number of thiazole rings is 1. The quantitative estimate of drug-likeness (QED) is 0.848. The molecule has 0 aliphatic rings. The molecule has 0 bridgehead atoms. The lowest BCUT2D eigenvalue weighted by Gasteiger charge is -2.25. The first-order valence-electron chi connectivity index (χ1n) is 7.68. The summed E-state index contributed by atoms with van der Waals surface area (Å²) in [6.07, 6.45) is 2.33. The van der Waals surface area contributed by atoms with Crippen LogP contribution in [-0.4, -0.2) is 34.8 Å². The Bertz CT molecular complexity index is 629. The van der Waals surface area contributed by atoms with E-state index in [0.29, 0.717) is 18.1 Å². The van der Waals surface area contributed by atoms with Crippen molar-refractivity contribution in [1.82, 2.24) is 9.88 Å². The topological polar surface area (TPSA) is 62.3 Å². The van der Waals surface area contributed by atoms with Gasteiger partial charge in [0.1, 0.15) is 0 Å². The van der Waals surface area contributed by atoms with Crippen LogP contribution >= 0.6 is 11.3 Å². The fraction of sp³-hybridized carbons (Fsp3) is 0.353. The van der Waals surface area contributed by atoms with E-state index in [0.717, 1.165) is 5.56 Å². The van der Waals surface area contributed by atoms with Crippen molar-refractivity contribution < 1.29 is 9.59 Å². The van der Waals surface area contributed by atoms with Gasteiger partial charge in [-0.3, -0.25) is 9.59 Å². The minimum atomic E-state index is -0.224. The first-order chi connectivity index (χ1) is 11.2. The molecule has 0 spiro atoms. The fourth-order valence-electron chi connectivity index (χ4n) is 2.42. The van der Waals surface area contributed by atoms with Gasteiger partial charge >= 0.3 is 0 Å². The number of carbonyl (C=O) groups is 2. The largest absolute Gasteiger partial charge is 0.333 e. The minimum absolute atomic E-state index is 0.0181. The van der Waals surface area contributed by atoms with Crippen LogP contribution in [0.3, 0.4) is 0 Å². The van der Waals surface area contributed by atoms with Crippen LogP contribution in [0.15, 0.2) is 41.9 Å². The SMILES string of the molecule is CCC(C(=O)N(CC)CC(=O)Nc1nccs1)c1ccccc1. The van der Waals surface area contributed by atoms with Crippen LogP contribution in [-0.2, 0) is 9.59 Å². The Hall–Kier alpha value is -2.21. The van der Waals surface area contributed by atoms with Crippen molar-refractivity contribution in [1.29, 1.82) is 0 Å². The Kier molecular flexibility index (Phi) is 6.29. The summed E-state index contributed by atoms with van der Waals surface area (Å²) in [5, 5.41) is 5.06. The van der Waals surface area contributed by atoms with Gasteiger partial charge in [0.25, 0.3) is 0 Å². The summed E-state index contributed by atoms with van der Waals surface area (Å²) in [7, 11) is 0. The summed E-state index contributed by atoms with van der Waals surface area (Å²) >= 11 is 1.36. The predicted molar refractivity (Wildman–Crippen MR) is 92.5 cm³/mol. The molecule has 0 saturated carbocycles.